The molecule has 1 unspecified atom stereocenters. The van der Waals surface area contributed by atoms with E-state index < -0.39 is 5.60 Å². The van der Waals surface area contributed by atoms with Crippen molar-refractivity contribution in [2.45, 2.75) is 45.6 Å². The third kappa shape index (κ3) is 3.97. The van der Waals surface area contributed by atoms with Gasteiger partial charge in [0.25, 0.3) is 0 Å². The average molecular weight is 277 g/mol. The molecule has 1 atom stereocenters. The summed E-state index contributed by atoms with van der Waals surface area (Å²) in [6, 6.07) is 6.34. The van der Waals surface area contributed by atoms with Crippen LogP contribution >= 0.6 is 0 Å². The molecule has 3 nitrogen and oxygen atoms in total. The number of β-amino-alcohol motifs (C(OH)–C–C–N with tert-alkyl or cyclic N) is 1. The van der Waals surface area contributed by atoms with E-state index >= 15 is 0 Å². The van der Waals surface area contributed by atoms with Gasteiger partial charge >= 0.3 is 0 Å². The van der Waals surface area contributed by atoms with Gasteiger partial charge in [-0.15, -0.1) is 0 Å². The lowest BCUT2D eigenvalue weighted by atomic mass is 9.98. The molecule has 0 aliphatic carbocycles. The van der Waals surface area contributed by atoms with Crippen molar-refractivity contribution in [1.29, 1.82) is 0 Å². The van der Waals surface area contributed by atoms with Crippen LogP contribution < -0.4 is 4.74 Å². The molecule has 1 aromatic carbocycles. The van der Waals surface area contributed by atoms with Gasteiger partial charge in [-0.3, -0.25) is 4.90 Å². The first-order chi connectivity index (χ1) is 9.37. The van der Waals surface area contributed by atoms with Crippen LogP contribution in [0.15, 0.2) is 18.2 Å². The Bertz CT molecular complexity index is 454. The molecular formula is C17H27NO2. The lowest BCUT2D eigenvalue weighted by Crippen LogP contribution is -2.32. The monoisotopic (exact) mass is 277 g/mol. The zero-order valence-electron chi connectivity index (χ0n) is 13.1. The molecule has 1 fully saturated rings. The molecule has 2 rings (SSSR count). The van der Waals surface area contributed by atoms with Gasteiger partial charge in [-0.05, 0) is 49.4 Å². The molecule has 1 aliphatic rings. The quantitative estimate of drug-likeness (QED) is 0.898. The van der Waals surface area contributed by atoms with Crippen molar-refractivity contribution in [2.75, 3.05) is 26.2 Å². The third-order valence-corrected chi connectivity index (χ3v) is 4.07. The highest BCUT2D eigenvalue weighted by Crippen LogP contribution is 2.24. The van der Waals surface area contributed by atoms with Gasteiger partial charge in [0.1, 0.15) is 12.4 Å². The SMILES string of the molecule is Cc1cc(OCCN2CCC(C)(O)C2)ccc1C(C)C. The molecule has 0 radical (unpaired) electrons. The Balaban J connectivity index is 1.81. The normalized spacial score (nSPS) is 23.5. The van der Waals surface area contributed by atoms with E-state index in [0.29, 0.717) is 12.5 Å². The van der Waals surface area contributed by atoms with Gasteiger partial charge in [0.15, 0.2) is 0 Å². The van der Waals surface area contributed by atoms with E-state index in [1.165, 1.54) is 11.1 Å². The fourth-order valence-corrected chi connectivity index (χ4v) is 2.91. The molecule has 112 valence electrons. The van der Waals surface area contributed by atoms with Crippen LogP contribution in [0.25, 0.3) is 0 Å². The Labute approximate surface area is 122 Å². The predicted octanol–water partition coefficient (Wildman–Crippen LogP) is 2.95. The van der Waals surface area contributed by atoms with Gasteiger partial charge in [0.05, 0.1) is 5.60 Å². The van der Waals surface area contributed by atoms with Crippen LogP contribution in [0.5, 0.6) is 5.75 Å². The third-order valence-electron chi connectivity index (χ3n) is 4.07. The summed E-state index contributed by atoms with van der Waals surface area (Å²) >= 11 is 0. The summed E-state index contributed by atoms with van der Waals surface area (Å²) in [5.74, 6) is 1.49. The minimum Gasteiger partial charge on any atom is -0.492 e. The Morgan fingerprint density at radius 2 is 2.15 bits per heavy atom. The summed E-state index contributed by atoms with van der Waals surface area (Å²) in [4.78, 5) is 2.26. The van der Waals surface area contributed by atoms with E-state index in [0.717, 1.165) is 31.8 Å². The van der Waals surface area contributed by atoms with Gasteiger partial charge in [-0.25, -0.2) is 0 Å². The Hall–Kier alpha value is -1.06. The maximum Gasteiger partial charge on any atom is 0.119 e. The number of hydrogen-bond acceptors (Lipinski definition) is 3. The van der Waals surface area contributed by atoms with Crippen LogP contribution in [-0.4, -0.2) is 41.8 Å². The molecule has 0 amide bonds. The van der Waals surface area contributed by atoms with E-state index in [2.05, 4.69) is 43.9 Å². The van der Waals surface area contributed by atoms with Crippen LogP contribution in [0.1, 0.15) is 44.2 Å². The minimum absolute atomic E-state index is 0.518. The second kappa shape index (κ2) is 6.15. The summed E-state index contributed by atoms with van der Waals surface area (Å²) in [5, 5.41) is 9.92. The number of aliphatic hydroxyl groups is 1. The molecule has 0 spiro atoms. The van der Waals surface area contributed by atoms with Gasteiger partial charge in [0, 0.05) is 19.6 Å². The van der Waals surface area contributed by atoms with Gasteiger partial charge in [0.2, 0.25) is 0 Å². The first-order valence-electron chi connectivity index (χ1n) is 7.55. The lowest BCUT2D eigenvalue weighted by molar-refractivity contribution is 0.0670. The summed E-state index contributed by atoms with van der Waals surface area (Å²) in [5.41, 5.74) is 2.16. The molecule has 3 heteroatoms. The smallest absolute Gasteiger partial charge is 0.119 e. The highest BCUT2D eigenvalue weighted by Gasteiger charge is 2.30. The molecule has 0 aromatic heterocycles. The number of ether oxygens (including phenoxy) is 1. The van der Waals surface area contributed by atoms with Crippen molar-refractivity contribution in [2.24, 2.45) is 0 Å². The topological polar surface area (TPSA) is 32.7 Å². The largest absolute Gasteiger partial charge is 0.492 e. The van der Waals surface area contributed by atoms with Crippen molar-refractivity contribution in [3.8, 4) is 5.75 Å². The van der Waals surface area contributed by atoms with Crippen molar-refractivity contribution < 1.29 is 9.84 Å². The van der Waals surface area contributed by atoms with E-state index in [4.69, 9.17) is 4.74 Å². The summed E-state index contributed by atoms with van der Waals surface area (Å²) in [6.45, 7) is 11.7. The zero-order chi connectivity index (χ0) is 14.8. The Morgan fingerprint density at radius 3 is 2.70 bits per heavy atom. The van der Waals surface area contributed by atoms with Crippen molar-refractivity contribution in [3.63, 3.8) is 0 Å². The lowest BCUT2D eigenvalue weighted by Gasteiger charge is -2.19. The molecule has 1 aliphatic heterocycles. The van der Waals surface area contributed by atoms with Crippen LogP contribution in [0, 0.1) is 6.92 Å². The summed E-state index contributed by atoms with van der Waals surface area (Å²) in [7, 11) is 0. The van der Waals surface area contributed by atoms with E-state index in [9.17, 15) is 5.11 Å². The van der Waals surface area contributed by atoms with Crippen LogP contribution in [0.4, 0.5) is 0 Å². The highest BCUT2D eigenvalue weighted by atomic mass is 16.5. The molecule has 1 N–H and O–H groups in total. The number of nitrogens with zero attached hydrogens (tertiary/aromatic N) is 1. The first-order valence-corrected chi connectivity index (χ1v) is 7.55. The minimum atomic E-state index is -0.518. The number of likely N-dealkylation sites (tertiary alicyclic amines) is 1. The van der Waals surface area contributed by atoms with E-state index in [1.807, 2.05) is 6.92 Å². The van der Waals surface area contributed by atoms with Crippen molar-refractivity contribution >= 4 is 0 Å². The maximum absolute atomic E-state index is 9.92. The first kappa shape index (κ1) is 15.3. The van der Waals surface area contributed by atoms with Crippen LogP contribution in [0.2, 0.25) is 0 Å². The van der Waals surface area contributed by atoms with E-state index in [1.54, 1.807) is 0 Å². The standard InChI is InChI=1S/C17H27NO2/c1-13(2)16-6-5-15(11-14(16)3)20-10-9-18-8-7-17(4,19)12-18/h5-6,11,13,19H,7-10,12H2,1-4H3. The molecular weight excluding hydrogens is 250 g/mol. The fraction of sp³-hybridized carbons (Fsp3) is 0.647. The summed E-state index contributed by atoms with van der Waals surface area (Å²) < 4.78 is 5.83. The molecule has 1 heterocycles. The average Bonchev–Trinajstić information content (AvgIpc) is 2.68. The van der Waals surface area contributed by atoms with Gasteiger partial charge in [-0.2, -0.15) is 0 Å². The molecule has 1 aromatic rings. The molecule has 0 saturated carbocycles. The fourth-order valence-electron chi connectivity index (χ4n) is 2.91. The Morgan fingerprint density at radius 1 is 1.40 bits per heavy atom. The van der Waals surface area contributed by atoms with Gasteiger partial charge in [-0.1, -0.05) is 19.9 Å². The molecule has 0 bridgehead atoms. The molecule has 1 saturated heterocycles. The maximum atomic E-state index is 9.92. The number of benzene rings is 1. The second-order valence-corrected chi connectivity index (χ2v) is 6.54. The summed E-state index contributed by atoms with van der Waals surface area (Å²) in [6.07, 6.45) is 0.856. The van der Waals surface area contributed by atoms with Crippen LogP contribution in [-0.2, 0) is 0 Å². The zero-order valence-corrected chi connectivity index (χ0v) is 13.1. The Kier molecular flexibility index (Phi) is 4.71. The van der Waals surface area contributed by atoms with Crippen LogP contribution in [0.3, 0.4) is 0 Å². The predicted molar refractivity (Wildman–Crippen MR) is 82.4 cm³/mol. The number of rotatable bonds is 5. The van der Waals surface area contributed by atoms with Crippen molar-refractivity contribution in [3.05, 3.63) is 29.3 Å². The molecule has 20 heavy (non-hydrogen) atoms. The van der Waals surface area contributed by atoms with E-state index in [-0.39, 0.29) is 0 Å². The van der Waals surface area contributed by atoms with Crippen molar-refractivity contribution in [1.82, 2.24) is 4.90 Å². The number of hydrogen-bond donors (Lipinski definition) is 1. The number of aryl methyl sites for hydroxylation is 1. The highest BCUT2D eigenvalue weighted by molar-refractivity contribution is 5.36. The second-order valence-electron chi connectivity index (χ2n) is 6.54. The van der Waals surface area contributed by atoms with Gasteiger partial charge < -0.3 is 9.84 Å².